The minimum Gasteiger partial charge on any atom is -0.388 e. The largest absolute Gasteiger partial charge is 0.388 e. The Morgan fingerprint density at radius 2 is 1.67 bits per heavy atom. The zero-order chi connectivity index (χ0) is 15.7. The Hall–Kier alpha value is -1.11. The van der Waals surface area contributed by atoms with Gasteiger partial charge in [0.2, 0.25) is 10.0 Å². The molecule has 1 aliphatic carbocycles. The van der Waals surface area contributed by atoms with Crippen molar-refractivity contribution >= 4 is 15.7 Å². The summed E-state index contributed by atoms with van der Waals surface area (Å²) < 4.78 is 22.4. The number of anilines is 1. The van der Waals surface area contributed by atoms with Gasteiger partial charge in [-0.05, 0) is 55.4 Å². The van der Waals surface area contributed by atoms with Gasteiger partial charge >= 0.3 is 0 Å². The predicted octanol–water partition coefficient (Wildman–Crippen LogP) is 2.08. The van der Waals surface area contributed by atoms with Crippen LogP contribution in [0.15, 0.2) is 29.2 Å². The van der Waals surface area contributed by atoms with E-state index in [9.17, 15) is 13.5 Å². The van der Waals surface area contributed by atoms with Crippen LogP contribution in [0.4, 0.5) is 5.69 Å². The summed E-state index contributed by atoms with van der Waals surface area (Å²) in [5, 5.41) is 18.8. The molecule has 1 aromatic rings. The van der Waals surface area contributed by atoms with Gasteiger partial charge in [0.05, 0.1) is 10.5 Å². The average Bonchev–Trinajstić information content (AvgIpc) is 2.40. The lowest BCUT2D eigenvalue weighted by atomic mass is 9.71. The molecule has 2 rings (SSSR count). The number of hydrogen-bond donors (Lipinski definition) is 3. The van der Waals surface area contributed by atoms with Gasteiger partial charge < -0.3 is 10.4 Å². The zero-order valence-electron chi connectivity index (χ0n) is 12.6. The Balaban J connectivity index is 1.94. The molecule has 118 valence electrons. The topological polar surface area (TPSA) is 92.4 Å². The van der Waals surface area contributed by atoms with Crippen molar-refractivity contribution in [2.45, 2.75) is 50.0 Å². The first-order chi connectivity index (χ1) is 9.60. The first kappa shape index (κ1) is 16.3. The molecule has 0 aliphatic heterocycles. The number of nitrogens with one attached hydrogen (secondary N) is 1. The van der Waals surface area contributed by atoms with E-state index < -0.39 is 15.6 Å². The molecule has 6 heteroatoms. The minimum atomic E-state index is -3.66. The molecule has 0 radical (unpaired) electrons. The molecule has 1 saturated carbocycles. The molecular formula is C15H24N2O3S. The lowest BCUT2D eigenvalue weighted by Gasteiger charge is -2.40. The minimum absolute atomic E-state index is 0.0891. The molecule has 0 unspecified atom stereocenters. The second kappa shape index (κ2) is 5.59. The number of nitrogens with two attached hydrogens (primary N) is 1. The van der Waals surface area contributed by atoms with E-state index in [1.165, 1.54) is 12.1 Å². The monoisotopic (exact) mass is 312 g/mol. The maximum Gasteiger partial charge on any atom is 0.238 e. The summed E-state index contributed by atoms with van der Waals surface area (Å²) in [6.45, 7) is 4.93. The lowest BCUT2D eigenvalue weighted by molar-refractivity contribution is -0.0145. The van der Waals surface area contributed by atoms with Gasteiger partial charge in [-0.25, -0.2) is 13.6 Å². The van der Waals surface area contributed by atoms with Gasteiger partial charge in [0, 0.05) is 12.2 Å². The van der Waals surface area contributed by atoms with Gasteiger partial charge in [-0.15, -0.1) is 0 Å². The first-order valence-electron chi connectivity index (χ1n) is 7.19. The van der Waals surface area contributed by atoms with Crippen molar-refractivity contribution < 1.29 is 13.5 Å². The van der Waals surface area contributed by atoms with Crippen LogP contribution >= 0.6 is 0 Å². The number of benzene rings is 1. The molecule has 1 fully saturated rings. The van der Waals surface area contributed by atoms with Crippen LogP contribution in [0.5, 0.6) is 0 Å². The molecule has 0 heterocycles. The molecule has 21 heavy (non-hydrogen) atoms. The Morgan fingerprint density at radius 1 is 1.14 bits per heavy atom. The summed E-state index contributed by atoms with van der Waals surface area (Å²) in [5.41, 5.74) is 0.401. The molecule has 0 amide bonds. The summed E-state index contributed by atoms with van der Waals surface area (Å²) in [7, 11) is -3.66. The third-order valence-corrected chi connectivity index (χ3v) is 5.27. The lowest BCUT2D eigenvalue weighted by Crippen LogP contribution is -2.42. The van der Waals surface area contributed by atoms with E-state index in [-0.39, 0.29) is 4.90 Å². The highest BCUT2D eigenvalue weighted by atomic mass is 32.2. The summed E-state index contributed by atoms with van der Waals surface area (Å²) in [6, 6.07) is 6.25. The predicted molar refractivity (Wildman–Crippen MR) is 83.5 cm³/mol. The van der Waals surface area contributed by atoms with Gasteiger partial charge in [0.15, 0.2) is 0 Å². The molecule has 5 nitrogen and oxygen atoms in total. The maximum absolute atomic E-state index is 11.2. The van der Waals surface area contributed by atoms with Crippen LogP contribution in [-0.2, 0) is 10.0 Å². The third kappa shape index (κ3) is 4.43. The maximum atomic E-state index is 11.2. The van der Waals surface area contributed by atoms with Crippen molar-refractivity contribution in [3.05, 3.63) is 24.3 Å². The summed E-state index contributed by atoms with van der Waals surface area (Å²) in [5.74, 6) is 0. The average molecular weight is 312 g/mol. The summed E-state index contributed by atoms with van der Waals surface area (Å²) in [4.78, 5) is 0.0891. The highest BCUT2D eigenvalue weighted by Gasteiger charge is 2.36. The van der Waals surface area contributed by atoms with Crippen molar-refractivity contribution in [2.75, 3.05) is 11.9 Å². The van der Waals surface area contributed by atoms with E-state index >= 15 is 0 Å². The van der Waals surface area contributed by atoms with E-state index in [1.54, 1.807) is 12.1 Å². The van der Waals surface area contributed by atoms with Crippen LogP contribution in [0.1, 0.15) is 39.5 Å². The van der Waals surface area contributed by atoms with Crippen LogP contribution in [0.25, 0.3) is 0 Å². The van der Waals surface area contributed by atoms with Gasteiger partial charge in [0.1, 0.15) is 0 Å². The van der Waals surface area contributed by atoms with Crippen molar-refractivity contribution in [1.29, 1.82) is 0 Å². The number of hydrogen-bond acceptors (Lipinski definition) is 4. The number of rotatable bonds is 4. The molecule has 0 bridgehead atoms. The second-order valence-electron chi connectivity index (χ2n) is 6.81. The van der Waals surface area contributed by atoms with Crippen LogP contribution < -0.4 is 10.5 Å². The molecule has 0 saturated heterocycles. The Morgan fingerprint density at radius 3 is 2.14 bits per heavy atom. The Labute approximate surface area is 126 Å². The zero-order valence-corrected chi connectivity index (χ0v) is 13.4. The Kier molecular flexibility index (Phi) is 4.33. The van der Waals surface area contributed by atoms with Crippen LogP contribution in [0, 0.1) is 5.41 Å². The van der Waals surface area contributed by atoms with E-state index in [0.29, 0.717) is 12.0 Å². The van der Waals surface area contributed by atoms with Gasteiger partial charge in [-0.1, -0.05) is 13.8 Å². The first-order valence-corrected chi connectivity index (χ1v) is 8.74. The van der Waals surface area contributed by atoms with Gasteiger partial charge in [-0.3, -0.25) is 0 Å². The second-order valence-corrected chi connectivity index (χ2v) is 8.37. The number of primary sulfonamides is 1. The van der Waals surface area contributed by atoms with Crippen LogP contribution in [0.2, 0.25) is 0 Å². The molecule has 0 aromatic heterocycles. The normalized spacial score (nSPS) is 21.0. The molecule has 0 atom stereocenters. The van der Waals surface area contributed by atoms with Crippen molar-refractivity contribution in [1.82, 2.24) is 0 Å². The third-order valence-electron chi connectivity index (χ3n) is 4.34. The molecule has 0 spiro atoms. The fourth-order valence-corrected chi connectivity index (χ4v) is 3.11. The van der Waals surface area contributed by atoms with Crippen LogP contribution in [-0.4, -0.2) is 25.7 Å². The summed E-state index contributed by atoms with van der Waals surface area (Å²) in [6.07, 6.45) is 3.58. The molecule has 4 N–H and O–H groups in total. The van der Waals surface area contributed by atoms with Gasteiger partial charge in [-0.2, -0.15) is 0 Å². The highest BCUT2D eigenvalue weighted by Crippen LogP contribution is 2.40. The van der Waals surface area contributed by atoms with E-state index in [1.807, 2.05) is 0 Å². The standard InChI is InChI=1S/C15H24N2O3S/c1-14(2)7-9-15(18,10-8-14)11-17-12-3-5-13(6-4-12)21(16,19)20/h3-6,17-18H,7-11H2,1-2H3,(H2,16,19,20). The van der Waals surface area contributed by atoms with Crippen LogP contribution in [0.3, 0.4) is 0 Å². The van der Waals surface area contributed by atoms with Crippen molar-refractivity contribution in [3.63, 3.8) is 0 Å². The van der Waals surface area contributed by atoms with Crippen molar-refractivity contribution in [3.8, 4) is 0 Å². The van der Waals surface area contributed by atoms with E-state index in [0.717, 1.165) is 31.4 Å². The summed E-state index contributed by atoms with van der Waals surface area (Å²) >= 11 is 0. The van der Waals surface area contributed by atoms with Crippen molar-refractivity contribution in [2.24, 2.45) is 10.6 Å². The molecule has 1 aliphatic rings. The van der Waals surface area contributed by atoms with E-state index in [4.69, 9.17) is 5.14 Å². The quantitative estimate of drug-likeness (QED) is 0.793. The number of aliphatic hydroxyl groups is 1. The fourth-order valence-electron chi connectivity index (χ4n) is 2.60. The molecular weight excluding hydrogens is 288 g/mol. The highest BCUT2D eigenvalue weighted by molar-refractivity contribution is 7.89. The SMILES string of the molecule is CC1(C)CCC(O)(CNc2ccc(S(N)(=O)=O)cc2)CC1. The van der Waals surface area contributed by atoms with E-state index in [2.05, 4.69) is 19.2 Å². The number of sulfonamides is 1. The van der Waals surface area contributed by atoms with Gasteiger partial charge in [0.25, 0.3) is 0 Å². The smallest absolute Gasteiger partial charge is 0.238 e. The molecule has 1 aromatic carbocycles. The fraction of sp³-hybridized carbons (Fsp3) is 0.600. The Bertz CT molecular complexity index is 584.